The van der Waals surface area contributed by atoms with Gasteiger partial charge < -0.3 is 10.2 Å². The molecule has 2 aliphatic rings. The summed E-state index contributed by atoms with van der Waals surface area (Å²) in [5.74, 6) is -1.88. The van der Waals surface area contributed by atoms with Gasteiger partial charge in [0.05, 0.1) is 17.2 Å². The van der Waals surface area contributed by atoms with Crippen LogP contribution in [0.4, 0.5) is 0 Å². The van der Waals surface area contributed by atoms with Crippen LogP contribution in [0.1, 0.15) is 44.3 Å². The molecule has 0 bridgehead atoms. The summed E-state index contributed by atoms with van der Waals surface area (Å²) in [5.41, 5.74) is 2.15. The number of aryl methyl sites for hydroxylation is 1. The lowest BCUT2D eigenvalue weighted by Crippen LogP contribution is -2.33. The summed E-state index contributed by atoms with van der Waals surface area (Å²) in [6, 6.07) is 10.0. The Bertz CT molecular complexity index is 827. The number of nitrogens with zero attached hydrogens (tertiary/aromatic N) is 1. The van der Waals surface area contributed by atoms with Crippen molar-refractivity contribution >= 4 is 11.8 Å². The second kappa shape index (κ2) is 4.34. The van der Waals surface area contributed by atoms with Crippen LogP contribution < -0.4 is 0 Å². The Kier molecular flexibility index (Phi) is 2.54. The van der Waals surface area contributed by atoms with Gasteiger partial charge >= 0.3 is 0 Å². The highest BCUT2D eigenvalue weighted by Gasteiger charge is 2.44. The van der Waals surface area contributed by atoms with Crippen molar-refractivity contribution in [3.63, 3.8) is 0 Å². The third-order valence-corrected chi connectivity index (χ3v) is 4.45. The maximum atomic E-state index is 12.6. The molecule has 5 nitrogen and oxygen atoms in total. The number of amides is 2. The molecule has 0 unspecified atom stereocenters. The molecular weight excluding hydrogens is 282 g/mol. The molecule has 2 aromatic rings. The number of carbonyl (C=O) groups excluding carboxylic acids is 2. The van der Waals surface area contributed by atoms with Crippen molar-refractivity contribution in [2.75, 3.05) is 0 Å². The molecule has 0 radical (unpaired) electrons. The number of imide groups is 1. The average molecular weight is 295 g/mol. The first-order chi connectivity index (χ1) is 10.6. The van der Waals surface area contributed by atoms with Gasteiger partial charge in [-0.15, -0.1) is 0 Å². The van der Waals surface area contributed by atoms with E-state index in [-0.39, 0.29) is 17.2 Å². The van der Waals surface area contributed by atoms with Crippen LogP contribution >= 0.6 is 0 Å². The van der Waals surface area contributed by atoms with Crippen LogP contribution in [0.15, 0.2) is 36.4 Å². The molecule has 0 fully saturated rings. The molecule has 2 amide bonds. The summed E-state index contributed by atoms with van der Waals surface area (Å²) in [5, 5.41) is 19.5. The molecule has 1 heterocycles. The lowest BCUT2D eigenvalue weighted by Gasteiger charge is -2.22. The van der Waals surface area contributed by atoms with E-state index in [1.165, 1.54) is 17.0 Å². The topological polar surface area (TPSA) is 77.8 Å². The van der Waals surface area contributed by atoms with Crippen molar-refractivity contribution in [3.8, 4) is 11.5 Å². The molecular formula is C17H13NO4. The molecule has 4 rings (SSSR count). The molecule has 5 heteroatoms. The van der Waals surface area contributed by atoms with Gasteiger partial charge in [0.1, 0.15) is 0 Å². The number of hydrogen-bond donors (Lipinski definition) is 2. The molecule has 1 aliphatic carbocycles. The molecule has 0 aromatic heterocycles. The van der Waals surface area contributed by atoms with Crippen LogP contribution in [0.5, 0.6) is 11.5 Å². The Hall–Kier alpha value is -2.82. The van der Waals surface area contributed by atoms with Crippen LogP contribution in [0.3, 0.4) is 0 Å². The first-order valence-electron chi connectivity index (χ1n) is 7.10. The van der Waals surface area contributed by atoms with Gasteiger partial charge in [-0.2, -0.15) is 0 Å². The fourth-order valence-corrected chi connectivity index (χ4v) is 3.40. The monoisotopic (exact) mass is 295 g/mol. The number of rotatable bonds is 1. The molecule has 1 aliphatic heterocycles. The van der Waals surface area contributed by atoms with E-state index in [0.717, 1.165) is 17.5 Å². The first kappa shape index (κ1) is 12.9. The fourth-order valence-electron chi connectivity index (χ4n) is 3.40. The molecule has 2 N–H and O–H groups in total. The number of hydrogen-bond acceptors (Lipinski definition) is 4. The Morgan fingerprint density at radius 1 is 1.00 bits per heavy atom. The number of carbonyl (C=O) groups is 2. The summed E-state index contributed by atoms with van der Waals surface area (Å²) in [7, 11) is 0. The van der Waals surface area contributed by atoms with Gasteiger partial charge in [-0.25, -0.2) is 0 Å². The zero-order valence-corrected chi connectivity index (χ0v) is 11.6. The van der Waals surface area contributed by atoms with Crippen molar-refractivity contribution in [2.45, 2.75) is 18.9 Å². The van der Waals surface area contributed by atoms with E-state index < -0.39 is 23.3 Å². The van der Waals surface area contributed by atoms with Crippen molar-refractivity contribution < 1.29 is 19.8 Å². The third-order valence-electron chi connectivity index (χ3n) is 4.45. The molecule has 0 saturated heterocycles. The highest BCUT2D eigenvalue weighted by molar-refractivity contribution is 6.23. The van der Waals surface area contributed by atoms with Gasteiger partial charge in [0.2, 0.25) is 0 Å². The molecule has 0 saturated carbocycles. The Morgan fingerprint density at radius 2 is 1.77 bits per heavy atom. The molecule has 0 spiro atoms. The highest BCUT2D eigenvalue weighted by atomic mass is 16.3. The van der Waals surface area contributed by atoms with Gasteiger partial charge in [-0.3, -0.25) is 14.5 Å². The standard InChI is InChI=1S/C17H13NO4/c19-13-8-6-11-14(15(13)20)17(22)18(16(11)21)12-7-5-9-3-1-2-4-10(9)12/h1-4,6,8,12,19-20H,5,7H2/t12-/m1/s1. The zero-order chi connectivity index (χ0) is 15.4. The number of aromatic hydroxyl groups is 2. The van der Waals surface area contributed by atoms with Gasteiger partial charge in [0, 0.05) is 0 Å². The highest BCUT2D eigenvalue weighted by Crippen LogP contribution is 2.43. The SMILES string of the molecule is O=C1c2ccc(O)c(O)c2C(=O)N1[C@@H]1CCc2ccccc21. The van der Waals surface area contributed by atoms with Crippen molar-refractivity contribution in [1.29, 1.82) is 0 Å². The largest absolute Gasteiger partial charge is 0.504 e. The van der Waals surface area contributed by atoms with Crippen LogP contribution in [-0.2, 0) is 6.42 Å². The lowest BCUT2D eigenvalue weighted by molar-refractivity contribution is 0.0581. The van der Waals surface area contributed by atoms with Crippen LogP contribution in [0.2, 0.25) is 0 Å². The Labute approximate surface area is 126 Å². The zero-order valence-electron chi connectivity index (χ0n) is 11.6. The quantitative estimate of drug-likeness (QED) is 0.625. The minimum absolute atomic E-state index is 0.102. The minimum atomic E-state index is -0.546. The number of fused-ring (bicyclic) bond motifs is 2. The number of phenols is 2. The summed E-state index contributed by atoms with van der Waals surface area (Å²) < 4.78 is 0. The lowest BCUT2D eigenvalue weighted by atomic mass is 10.1. The van der Waals surface area contributed by atoms with E-state index in [4.69, 9.17) is 0 Å². The summed E-state index contributed by atoms with van der Waals surface area (Å²) in [6.45, 7) is 0. The van der Waals surface area contributed by atoms with Crippen molar-refractivity contribution in [2.24, 2.45) is 0 Å². The van der Waals surface area contributed by atoms with Gasteiger partial charge in [-0.05, 0) is 36.1 Å². The van der Waals surface area contributed by atoms with E-state index in [2.05, 4.69) is 0 Å². The fraction of sp³-hybridized carbons (Fsp3) is 0.176. The van der Waals surface area contributed by atoms with E-state index in [1.807, 2.05) is 24.3 Å². The van der Waals surface area contributed by atoms with Gasteiger partial charge in [0.15, 0.2) is 11.5 Å². The van der Waals surface area contributed by atoms with Crippen LogP contribution in [-0.4, -0.2) is 26.9 Å². The second-order valence-corrected chi connectivity index (χ2v) is 5.59. The Morgan fingerprint density at radius 3 is 2.59 bits per heavy atom. The van der Waals surface area contributed by atoms with E-state index >= 15 is 0 Å². The van der Waals surface area contributed by atoms with Gasteiger partial charge in [-0.1, -0.05) is 24.3 Å². The summed E-state index contributed by atoms with van der Waals surface area (Å²) in [6.07, 6.45) is 1.49. The smallest absolute Gasteiger partial charge is 0.266 e. The predicted molar refractivity (Wildman–Crippen MR) is 77.8 cm³/mol. The molecule has 1 atom stereocenters. The maximum Gasteiger partial charge on any atom is 0.266 e. The average Bonchev–Trinajstić information content (AvgIpc) is 3.03. The third kappa shape index (κ3) is 1.53. The van der Waals surface area contributed by atoms with E-state index in [0.29, 0.717) is 6.42 Å². The van der Waals surface area contributed by atoms with E-state index in [9.17, 15) is 19.8 Å². The van der Waals surface area contributed by atoms with Gasteiger partial charge in [0.25, 0.3) is 11.8 Å². The summed E-state index contributed by atoms with van der Waals surface area (Å²) in [4.78, 5) is 26.4. The second-order valence-electron chi connectivity index (χ2n) is 5.59. The molecule has 110 valence electrons. The normalized spacial score (nSPS) is 19.5. The maximum absolute atomic E-state index is 12.6. The first-order valence-corrected chi connectivity index (χ1v) is 7.10. The molecule has 22 heavy (non-hydrogen) atoms. The van der Waals surface area contributed by atoms with Crippen LogP contribution in [0.25, 0.3) is 0 Å². The predicted octanol–water partition coefficient (Wildman–Crippen LogP) is 2.38. The molecule has 2 aromatic carbocycles. The van der Waals surface area contributed by atoms with Crippen molar-refractivity contribution in [3.05, 3.63) is 58.7 Å². The number of phenolic OH excluding ortho intramolecular Hbond substituents is 2. The van der Waals surface area contributed by atoms with Crippen LogP contribution in [0, 0.1) is 0 Å². The summed E-state index contributed by atoms with van der Waals surface area (Å²) >= 11 is 0. The van der Waals surface area contributed by atoms with Crippen molar-refractivity contribution in [1.82, 2.24) is 4.90 Å². The van der Waals surface area contributed by atoms with E-state index in [1.54, 1.807) is 0 Å². The number of benzene rings is 2. The Balaban J connectivity index is 1.82. The minimum Gasteiger partial charge on any atom is -0.504 e.